The van der Waals surface area contributed by atoms with Crippen LogP contribution in [0.1, 0.15) is 22.8 Å². The molecule has 0 aliphatic rings. The summed E-state index contributed by atoms with van der Waals surface area (Å²) in [5.74, 6) is 0. The van der Waals surface area contributed by atoms with Crippen molar-refractivity contribution in [3.8, 4) is 0 Å². The number of aliphatic hydroxyl groups excluding tert-OH is 1. The lowest BCUT2D eigenvalue weighted by molar-refractivity contribution is 0.219. The zero-order valence-electron chi connectivity index (χ0n) is 10.9. The van der Waals surface area contributed by atoms with Crippen molar-refractivity contribution in [2.45, 2.75) is 13.0 Å². The molecule has 1 N–H and O–H groups in total. The van der Waals surface area contributed by atoms with Gasteiger partial charge in [0.05, 0.1) is 0 Å². The smallest absolute Gasteiger partial charge is 0.104 e. The number of fused-ring (bicyclic) bond motifs is 1. The van der Waals surface area contributed by atoms with Crippen molar-refractivity contribution in [2.75, 3.05) is 0 Å². The summed E-state index contributed by atoms with van der Waals surface area (Å²) in [6.07, 6.45) is -0.564. The van der Waals surface area contributed by atoms with E-state index in [1.807, 2.05) is 49.4 Å². The zero-order chi connectivity index (χ0) is 13.2. The fraction of sp³-hybridized carbons (Fsp3) is 0.111. The lowest BCUT2D eigenvalue weighted by atomic mass is 9.96. The molecule has 3 aromatic rings. The summed E-state index contributed by atoms with van der Waals surface area (Å²) in [6, 6.07) is 22.3. The molecule has 19 heavy (non-hydrogen) atoms. The average molecular weight is 248 g/mol. The maximum atomic E-state index is 10.5. The predicted molar refractivity (Wildman–Crippen MR) is 79.2 cm³/mol. The van der Waals surface area contributed by atoms with E-state index in [4.69, 9.17) is 0 Å². The highest BCUT2D eigenvalue weighted by atomic mass is 16.3. The normalized spacial score (nSPS) is 12.5. The van der Waals surface area contributed by atoms with Gasteiger partial charge in [-0.1, -0.05) is 60.7 Å². The van der Waals surface area contributed by atoms with Crippen LogP contribution in [0.5, 0.6) is 0 Å². The average Bonchev–Trinajstić information content (AvgIpc) is 2.46. The standard InChI is InChI=1S/C18H16O/c1-13-6-2-5-9-17(13)18(19)16-11-10-14-7-3-4-8-15(14)12-16/h2-12,18-19H,1H3. The molecule has 0 heterocycles. The van der Waals surface area contributed by atoms with E-state index in [0.717, 1.165) is 22.1 Å². The monoisotopic (exact) mass is 248 g/mol. The molecule has 0 aromatic heterocycles. The second-order valence-electron chi connectivity index (χ2n) is 4.87. The summed E-state index contributed by atoms with van der Waals surface area (Å²) >= 11 is 0. The summed E-state index contributed by atoms with van der Waals surface area (Å²) in [5.41, 5.74) is 3.02. The first-order valence-electron chi connectivity index (χ1n) is 6.48. The topological polar surface area (TPSA) is 20.2 Å². The van der Waals surface area contributed by atoms with Crippen molar-refractivity contribution in [1.82, 2.24) is 0 Å². The molecule has 1 heteroatoms. The van der Waals surface area contributed by atoms with Gasteiger partial charge in [-0.2, -0.15) is 0 Å². The summed E-state index contributed by atoms with van der Waals surface area (Å²) in [7, 11) is 0. The Labute approximate surface area is 113 Å². The Hall–Kier alpha value is -2.12. The molecule has 3 aromatic carbocycles. The van der Waals surface area contributed by atoms with Crippen molar-refractivity contribution in [2.24, 2.45) is 0 Å². The second kappa shape index (κ2) is 4.87. The number of hydrogen-bond donors (Lipinski definition) is 1. The predicted octanol–water partition coefficient (Wildman–Crippen LogP) is 4.23. The van der Waals surface area contributed by atoms with Crippen LogP contribution in [0.25, 0.3) is 10.8 Å². The Bertz CT molecular complexity index is 715. The van der Waals surface area contributed by atoms with Crippen molar-refractivity contribution < 1.29 is 5.11 Å². The van der Waals surface area contributed by atoms with Gasteiger partial charge >= 0.3 is 0 Å². The van der Waals surface area contributed by atoms with Crippen LogP contribution in [0.3, 0.4) is 0 Å². The molecule has 94 valence electrons. The Morgan fingerprint density at radius 1 is 0.789 bits per heavy atom. The van der Waals surface area contributed by atoms with Crippen molar-refractivity contribution >= 4 is 10.8 Å². The lowest BCUT2D eigenvalue weighted by Crippen LogP contribution is -2.01. The van der Waals surface area contributed by atoms with Gasteiger partial charge in [0.2, 0.25) is 0 Å². The van der Waals surface area contributed by atoms with E-state index in [9.17, 15) is 5.11 Å². The van der Waals surface area contributed by atoms with Crippen LogP contribution in [-0.4, -0.2) is 5.11 Å². The van der Waals surface area contributed by atoms with Crippen molar-refractivity contribution in [3.63, 3.8) is 0 Å². The third kappa shape index (κ3) is 2.25. The van der Waals surface area contributed by atoms with E-state index in [1.54, 1.807) is 0 Å². The minimum atomic E-state index is -0.564. The molecule has 1 nitrogen and oxygen atoms in total. The highest BCUT2D eigenvalue weighted by Crippen LogP contribution is 2.27. The summed E-state index contributed by atoms with van der Waals surface area (Å²) < 4.78 is 0. The highest BCUT2D eigenvalue weighted by Gasteiger charge is 2.12. The first-order valence-corrected chi connectivity index (χ1v) is 6.48. The van der Waals surface area contributed by atoms with Gasteiger partial charge in [0, 0.05) is 0 Å². The summed E-state index contributed by atoms with van der Waals surface area (Å²) in [6.45, 7) is 2.03. The van der Waals surface area contributed by atoms with Crippen LogP contribution in [0.15, 0.2) is 66.7 Å². The molecule has 0 saturated heterocycles. The minimum Gasteiger partial charge on any atom is -0.384 e. The Balaban J connectivity index is 2.07. The number of aliphatic hydroxyl groups is 1. The molecule has 0 saturated carbocycles. The Morgan fingerprint density at radius 2 is 1.47 bits per heavy atom. The number of aryl methyl sites for hydroxylation is 1. The molecule has 1 unspecified atom stereocenters. The summed E-state index contributed by atoms with van der Waals surface area (Å²) in [5, 5.41) is 12.9. The van der Waals surface area contributed by atoms with Crippen LogP contribution in [0.4, 0.5) is 0 Å². The molecule has 0 amide bonds. The molecule has 0 bridgehead atoms. The zero-order valence-corrected chi connectivity index (χ0v) is 10.9. The molecule has 0 spiro atoms. The fourth-order valence-electron chi connectivity index (χ4n) is 2.45. The maximum absolute atomic E-state index is 10.5. The van der Waals surface area contributed by atoms with Gasteiger partial charge in [0.25, 0.3) is 0 Å². The van der Waals surface area contributed by atoms with Gasteiger partial charge < -0.3 is 5.11 Å². The summed E-state index contributed by atoms with van der Waals surface area (Å²) in [4.78, 5) is 0. The van der Waals surface area contributed by atoms with E-state index >= 15 is 0 Å². The largest absolute Gasteiger partial charge is 0.384 e. The lowest BCUT2D eigenvalue weighted by Gasteiger charge is -2.14. The van der Waals surface area contributed by atoms with E-state index in [-0.39, 0.29) is 0 Å². The van der Waals surface area contributed by atoms with Gasteiger partial charge in [-0.25, -0.2) is 0 Å². The number of benzene rings is 3. The number of rotatable bonds is 2. The van der Waals surface area contributed by atoms with Crippen LogP contribution in [-0.2, 0) is 0 Å². The van der Waals surface area contributed by atoms with E-state index in [1.165, 1.54) is 5.39 Å². The van der Waals surface area contributed by atoms with Crippen LogP contribution >= 0.6 is 0 Å². The molecule has 0 aliphatic carbocycles. The van der Waals surface area contributed by atoms with Gasteiger partial charge in [0.1, 0.15) is 6.10 Å². The molecular formula is C18H16O. The third-order valence-corrected chi connectivity index (χ3v) is 3.57. The first-order chi connectivity index (χ1) is 9.25. The Morgan fingerprint density at radius 3 is 2.26 bits per heavy atom. The fourth-order valence-corrected chi connectivity index (χ4v) is 2.45. The van der Waals surface area contributed by atoms with Gasteiger partial charge in [-0.3, -0.25) is 0 Å². The minimum absolute atomic E-state index is 0.564. The van der Waals surface area contributed by atoms with E-state index in [2.05, 4.69) is 24.3 Å². The molecule has 3 rings (SSSR count). The number of hydrogen-bond acceptors (Lipinski definition) is 1. The SMILES string of the molecule is Cc1ccccc1C(O)c1ccc2ccccc2c1. The van der Waals surface area contributed by atoms with Gasteiger partial charge in [0.15, 0.2) is 0 Å². The molecular weight excluding hydrogens is 232 g/mol. The molecule has 0 aliphatic heterocycles. The van der Waals surface area contributed by atoms with Crippen LogP contribution in [0.2, 0.25) is 0 Å². The molecule has 1 atom stereocenters. The quantitative estimate of drug-likeness (QED) is 0.719. The second-order valence-corrected chi connectivity index (χ2v) is 4.87. The van der Waals surface area contributed by atoms with Crippen LogP contribution in [0, 0.1) is 6.92 Å². The van der Waals surface area contributed by atoms with Gasteiger partial charge in [-0.05, 0) is 40.5 Å². The van der Waals surface area contributed by atoms with E-state index < -0.39 is 6.10 Å². The first kappa shape index (κ1) is 11.9. The van der Waals surface area contributed by atoms with Crippen LogP contribution < -0.4 is 0 Å². The molecule has 0 fully saturated rings. The van der Waals surface area contributed by atoms with Gasteiger partial charge in [-0.15, -0.1) is 0 Å². The Kier molecular flexibility index (Phi) is 3.06. The maximum Gasteiger partial charge on any atom is 0.104 e. The highest BCUT2D eigenvalue weighted by molar-refractivity contribution is 5.83. The van der Waals surface area contributed by atoms with E-state index in [0.29, 0.717) is 0 Å². The molecule has 0 radical (unpaired) electrons. The van der Waals surface area contributed by atoms with Crippen molar-refractivity contribution in [3.05, 3.63) is 83.4 Å². The third-order valence-electron chi connectivity index (χ3n) is 3.57. The van der Waals surface area contributed by atoms with Crippen molar-refractivity contribution in [1.29, 1.82) is 0 Å².